The van der Waals surface area contributed by atoms with E-state index >= 15 is 0 Å². The molecule has 0 bridgehead atoms. The van der Waals surface area contributed by atoms with E-state index in [1.165, 1.54) is 0 Å². The monoisotopic (exact) mass is 406 g/mol. The van der Waals surface area contributed by atoms with Crippen LogP contribution in [0, 0.1) is 0 Å². The van der Waals surface area contributed by atoms with Crippen LogP contribution in [0.4, 0.5) is 4.79 Å². The molecular formula is C20H30N4O5. The fourth-order valence-corrected chi connectivity index (χ4v) is 2.33. The highest BCUT2D eigenvalue weighted by atomic mass is 16.6. The molecule has 29 heavy (non-hydrogen) atoms. The van der Waals surface area contributed by atoms with Gasteiger partial charge in [0.05, 0.1) is 6.61 Å². The number of amides is 1. The molecule has 9 nitrogen and oxygen atoms in total. The van der Waals surface area contributed by atoms with Crippen molar-refractivity contribution in [1.82, 2.24) is 5.32 Å². The van der Waals surface area contributed by atoms with Gasteiger partial charge in [0.25, 0.3) is 0 Å². The Morgan fingerprint density at radius 1 is 1.21 bits per heavy atom. The summed E-state index contributed by atoms with van der Waals surface area (Å²) >= 11 is 0. The number of para-hydroxylation sites is 2. The molecule has 0 saturated heterocycles. The average Bonchev–Trinajstić information content (AvgIpc) is 2.64. The van der Waals surface area contributed by atoms with Gasteiger partial charge in [-0.15, -0.1) is 0 Å². The molecule has 160 valence electrons. The number of hydrogen-bond acceptors (Lipinski definition) is 6. The van der Waals surface area contributed by atoms with E-state index in [0.29, 0.717) is 44.6 Å². The third-order valence-corrected chi connectivity index (χ3v) is 3.59. The standard InChI is InChI=1S/C20H30N4O5/c1-5-10-15(23-19(26)29-20(2,3)4)18(25)28-17-12-7-6-11-16(17)27-14-9-8-13-22-24-21/h6-7,11-12,15H,5,8-10,13-14H2,1-4H3,(H,23,26)/t15-/m0/s1. The number of benzene rings is 1. The first-order chi connectivity index (χ1) is 13.8. The van der Waals surface area contributed by atoms with Crippen molar-refractivity contribution >= 4 is 12.1 Å². The van der Waals surface area contributed by atoms with E-state index in [1.54, 1.807) is 45.0 Å². The lowest BCUT2D eigenvalue weighted by Gasteiger charge is -2.23. The number of ether oxygens (including phenoxy) is 3. The number of esters is 1. The maximum Gasteiger partial charge on any atom is 0.408 e. The minimum atomic E-state index is -0.827. The number of nitrogens with one attached hydrogen (secondary N) is 1. The first kappa shape index (κ1) is 24.1. The Balaban J connectivity index is 2.69. The van der Waals surface area contributed by atoms with Gasteiger partial charge in [0, 0.05) is 11.5 Å². The van der Waals surface area contributed by atoms with Gasteiger partial charge in [0.1, 0.15) is 11.6 Å². The second-order valence-corrected chi connectivity index (χ2v) is 7.37. The Bertz CT molecular complexity index is 711. The Labute approximate surface area is 171 Å². The van der Waals surface area contributed by atoms with Crippen LogP contribution in [0.2, 0.25) is 0 Å². The van der Waals surface area contributed by atoms with Crippen molar-refractivity contribution in [2.24, 2.45) is 5.11 Å². The van der Waals surface area contributed by atoms with E-state index in [-0.39, 0.29) is 5.75 Å². The molecule has 0 aromatic heterocycles. The van der Waals surface area contributed by atoms with Crippen molar-refractivity contribution in [3.63, 3.8) is 0 Å². The summed E-state index contributed by atoms with van der Waals surface area (Å²) in [4.78, 5) is 27.3. The molecule has 0 saturated carbocycles. The van der Waals surface area contributed by atoms with Gasteiger partial charge in [-0.3, -0.25) is 0 Å². The number of carbonyl (C=O) groups excluding carboxylic acids is 2. The Kier molecular flexibility index (Phi) is 10.4. The SMILES string of the molecule is CCC[C@H](NC(=O)OC(C)(C)C)C(=O)Oc1ccccc1OCCCCN=[N+]=[N-]. The molecule has 9 heteroatoms. The molecule has 0 fully saturated rings. The summed E-state index contributed by atoms with van der Waals surface area (Å²) in [6, 6.07) is 6.00. The number of nitrogens with zero attached hydrogens (tertiary/aromatic N) is 3. The molecule has 0 aliphatic rings. The van der Waals surface area contributed by atoms with Gasteiger partial charge < -0.3 is 19.5 Å². The normalized spacial score (nSPS) is 11.7. The van der Waals surface area contributed by atoms with E-state index in [4.69, 9.17) is 19.7 Å². The van der Waals surface area contributed by atoms with Crippen molar-refractivity contribution < 1.29 is 23.8 Å². The lowest BCUT2D eigenvalue weighted by atomic mass is 10.1. The summed E-state index contributed by atoms with van der Waals surface area (Å²) in [6.45, 7) is 7.96. The topological polar surface area (TPSA) is 123 Å². The summed E-state index contributed by atoms with van der Waals surface area (Å²) in [5, 5.41) is 6.04. The Morgan fingerprint density at radius 2 is 1.90 bits per heavy atom. The van der Waals surface area contributed by atoms with Crippen molar-refractivity contribution in [2.45, 2.75) is 65.0 Å². The smallest absolute Gasteiger partial charge is 0.408 e. The van der Waals surface area contributed by atoms with Gasteiger partial charge >= 0.3 is 12.1 Å². The van der Waals surface area contributed by atoms with Crippen LogP contribution >= 0.6 is 0 Å². The van der Waals surface area contributed by atoms with E-state index in [1.807, 2.05) is 6.92 Å². The molecule has 1 aromatic carbocycles. The molecule has 0 radical (unpaired) electrons. The predicted octanol–water partition coefficient (Wildman–Crippen LogP) is 4.75. The van der Waals surface area contributed by atoms with Crippen LogP contribution in [0.3, 0.4) is 0 Å². The first-order valence-electron chi connectivity index (χ1n) is 9.70. The van der Waals surface area contributed by atoms with Crippen LogP contribution in [0.1, 0.15) is 53.4 Å². The molecule has 0 unspecified atom stereocenters. The molecule has 1 amide bonds. The maximum atomic E-state index is 12.6. The van der Waals surface area contributed by atoms with E-state index in [0.717, 1.165) is 0 Å². The number of azide groups is 1. The largest absolute Gasteiger partial charge is 0.490 e. The first-order valence-corrected chi connectivity index (χ1v) is 9.70. The molecule has 0 aliphatic carbocycles. The summed E-state index contributed by atoms with van der Waals surface area (Å²) < 4.78 is 16.4. The zero-order chi connectivity index (χ0) is 21.7. The molecule has 0 aliphatic heterocycles. The summed E-state index contributed by atoms with van der Waals surface area (Å²) in [7, 11) is 0. The molecule has 0 spiro atoms. The van der Waals surface area contributed by atoms with Gasteiger partial charge in [-0.05, 0) is 57.7 Å². The Morgan fingerprint density at radius 3 is 2.52 bits per heavy atom. The minimum absolute atomic E-state index is 0.277. The second-order valence-electron chi connectivity index (χ2n) is 7.37. The number of unbranched alkanes of at least 4 members (excludes halogenated alkanes) is 1. The van der Waals surface area contributed by atoms with Crippen molar-refractivity contribution in [2.75, 3.05) is 13.2 Å². The number of hydrogen-bond donors (Lipinski definition) is 1. The van der Waals surface area contributed by atoms with Gasteiger partial charge in [0.15, 0.2) is 11.5 Å². The molecule has 1 aromatic rings. The quantitative estimate of drug-likeness (QED) is 0.142. The fourth-order valence-electron chi connectivity index (χ4n) is 2.33. The highest BCUT2D eigenvalue weighted by Crippen LogP contribution is 2.27. The zero-order valence-corrected chi connectivity index (χ0v) is 17.5. The van der Waals surface area contributed by atoms with Crippen molar-refractivity contribution in [3.05, 3.63) is 34.7 Å². The lowest BCUT2D eigenvalue weighted by molar-refractivity contribution is -0.137. The van der Waals surface area contributed by atoms with Crippen LogP contribution in [0.15, 0.2) is 29.4 Å². The number of alkyl carbamates (subject to hydrolysis) is 1. The molecule has 0 heterocycles. The van der Waals surface area contributed by atoms with Gasteiger partial charge in [-0.2, -0.15) is 0 Å². The maximum absolute atomic E-state index is 12.6. The number of carbonyl (C=O) groups is 2. The number of rotatable bonds is 11. The highest BCUT2D eigenvalue weighted by Gasteiger charge is 2.26. The molecule has 1 rings (SSSR count). The fraction of sp³-hybridized carbons (Fsp3) is 0.600. The van der Waals surface area contributed by atoms with E-state index in [2.05, 4.69) is 15.3 Å². The van der Waals surface area contributed by atoms with E-state index in [9.17, 15) is 9.59 Å². The molecule has 1 N–H and O–H groups in total. The molecule has 1 atom stereocenters. The van der Waals surface area contributed by atoms with Crippen LogP contribution in [-0.2, 0) is 9.53 Å². The summed E-state index contributed by atoms with van der Waals surface area (Å²) in [6.07, 6.45) is 1.82. The summed E-state index contributed by atoms with van der Waals surface area (Å²) in [5.74, 6) is 0.119. The van der Waals surface area contributed by atoms with Gasteiger partial charge in [-0.1, -0.05) is 30.6 Å². The predicted molar refractivity (Wildman–Crippen MR) is 109 cm³/mol. The van der Waals surface area contributed by atoms with Crippen LogP contribution in [-0.4, -0.2) is 36.9 Å². The van der Waals surface area contributed by atoms with Gasteiger partial charge in [0.2, 0.25) is 0 Å². The van der Waals surface area contributed by atoms with Crippen molar-refractivity contribution in [1.29, 1.82) is 0 Å². The van der Waals surface area contributed by atoms with Crippen LogP contribution in [0.25, 0.3) is 10.4 Å². The zero-order valence-electron chi connectivity index (χ0n) is 17.5. The van der Waals surface area contributed by atoms with Crippen LogP contribution in [0.5, 0.6) is 11.5 Å². The lowest BCUT2D eigenvalue weighted by Crippen LogP contribution is -2.45. The average molecular weight is 406 g/mol. The third kappa shape index (κ3) is 10.3. The second kappa shape index (κ2) is 12.5. The van der Waals surface area contributed by atoms with Gasteiger partial charge in [-0.25, -0.2) is 9.59 Å². The Hall–Kier alpha value is -2.93. The third-order valence-electron chi connectivity index (χ3n) is 3.59. The van der Waals surface area contributed by atoms with Crippen LogP contribution < -0.4 is 14.8 Å². The summed E-state index contributed by atoms with van der Waals surface area (Å²) in [5.41, 5.74) is 7.60. The van der Waals surface area contributed by atoms with Crippen molar-refractivity contribution in [3.8, 4) is 11.5 Å². The highest BCUT2D eigenvalue weighted by molar-refractivity contribution is 5.83. The molecular weight excluding hydrogens is 376 g/mol. The minimum Gasteiger partial charge on any atom is -0.490 e. The van der Waals surface area contributed by atoms with E-state index < -0.39 is 23.7 Å².